The van der Waals surface area contributed by atoms with E-state index in [4.69, 9.17) is 23.7 Å². The monoisotopic (exact) mass is 1100 g/mol. The summed E-state index contributed by atoms with van der Waals surface area (Å²) in [5.74, 6) is -4.83. The first-order valence-electron chi connectivity index (χ1n) is 26.3. The number of amides is 3. The molecule has 0 spiro atoms. The van der Waals surface area contributed by atoms with Crippen molar-refractivity contribution in [2.24, 2.45) is 0 Å². The Morgan fingerprint density at radius 1 is 0.582 bits per heavy atom. The molecule has 1 aliphatic carbocycles. The molecule has 0 saturated heterocycles. The van der Waals surface area contributed by atoms with E-state index in [1.807, 2.05) is 53.4 Å². The second kappa shape index (κ2) is 26.8. The number of unbranched alkanes of at least 4 members (excludes halogenated alkanes) is 1. The SMILES string of the molecule is CC(C)(C)OC(=O)CN(CC(=O)OC(C)(C)C)C(=O)Cn1ccnc1CN(CCCCC(NC(=O)OCC1c2ccccc2-c2ccccc21)C(=O)O)Cc1nccn1CC(=O)N(CC(=O)OC(C)(C)C)CC(=O)OC(C)(C)C. The minimum Gasteiger partial charge on any atom is -0.480 e. The van der Waals surface area contributed by atoms with Crippen LogP contribution in [0.15, 0.2) is 73.3 Å². The molecule has 430 valence electrons. The highest BCUT2D eigenvalue weighted by atomic mass is 16.6. The maximum absolute atomic E-state index is 14.0. The Labute approximate surface area is 462 Å². The van der Waals surface area contributed by atoms with E-state index in [-0.39, 0.29) is 51.7 Å². The predicted octanol–water partition coefficient (Wildman–Crippen LogP) is 6.27. The molecular weight excluding hydrogens is 1020 g/mol. The summed E-state index contributed by atoms with van der Waals surface area (Å²) in [6, 6.07) is 14.5. The fourth-order valence-corrected chi connectivity index (χ4v) is 8.68. The summed E-state index contributed by atoms with van der Waals surface area (Å²) in [5.41, 5.74) is 0.651. The third-order valence-corrected chi connectivity index (χ3v) is 11.8. The Hall–Kier alpha value is -7.62. The molecule has 2 aromatic heterocycles. The van der Waals surface area contributed by atoms with Gasteiger partial charge in [0.1, 0.15) is 86.0 Å². The number of nitrogens with zero attached hydrogens (tertiary/aromatic N) is 7. The number of carbonyl (C=O) groups is 8. The van der Waals surface area contributed by atoms with Crippen LogP contribution in [0.1, 0.15) is 131 Å². The molecule has 2 N–H and O–H groups in total. The second-order valence-electron chi connectivity index (χ2n) is 23.4. The van der Waals surface area contributed by atoms with Gasteiger partial charge < -0.3 is 53.0 Å². The topological polar surface area (TPSA) is 260 Å². The largest absolute Gasteiger partial charge is 0.480 e. The molecule has 2 aromatic carbocycles. The van der Waals surface area contributed by atoms with Gasteiger partial charge in [-0.3, -0.25) is 33.7 Å². The smallest absolute Gasteiger partial charge is 0.407 e. The molecule has 1 atom stereocenters. The van der Waals surface area contributed by atoms with Gasteiger partial charge in [0.2, 0.25) is 11.8 Å². The van der Waals surface area contributed by atoms with Crippen LogP contribution in [0, 0.1) is 0 Å². The number of hydrogen-bond donors (Lipinski definition) is 2. The Morgan fingerprint density at radius 2 is 0.962 bits per heavy atom. The van der Waals surface area contributed by atoms with E-state index in [0.29, 0.717) is 24.5 Å². The van der Waals surface area contributed by atoms with Crippen molar-refractivity contribution in [3.8, 4) is 11.1 Å². The number of esters is 4. The molecule has 0 radical (unpaired) electrons. The first-order valence-corrected chi connectivity index (χ1v) is 26.3. The van der Waals surface area contributed by atoms with E-state index in [9.17, 15) is 43.5 Å². The molecule has 1 aliphatic rings. The number of rotatable bonds is 25. The lowest BCUT2D eigenvalue weighted by molar-refractivity contribution is -0.165. The Morgan fingerprint density at radius 3 is 1.33 bits per heavy atom. The molecule has 0 aliphatic heterocycles. The molecule has 0 saturated carbocycles. The van der Waals surface area contributed by atoms with Crippen LogP contribution in [-0.2, 0) is 83.4 Å². The Kier molecular flexibility index (Phi) is 21.1. The van der Waals surface area contributed by atoms with Crippen molar-refractivity contribution in [3.63, 3.8) is 0 Å². The van der Waals surface area contributed by atoms with Gasteiger partial charge >= 0.3 is 35.9 Å². The van der Waals surface area contributed by atoms with Crippen LogP contribution in [0.5, 0.6) is 0 Å². The van der Waals surface area contributed by atoms with Crippen molar-refractivity contribution in [2.45, 2.75) is 163 Å². The number of carboxylic acid groups (broad SMARTS) is 1. The summed E-state index contributed by atoms with van der Waals surface area (Å²) in [5, 5.41) is 12.7. The number of alkyl carbamates (subject to hydrolysis) is 1. The van der Waals surface area contributed by atoms with Crippen LogP contribution < -0.4 is 5.32 Å². The van der Waals surface area contributed by atoms with Crippen LogP contribution in [0.4, 0.5) is 4.79 Å². The third kappa shape index (κ3) is 20.6. The molecule has 5 rings (SSSR count). The number of hydrogen-bond acceptors (Lipinski definition) is 16. The Balaban J connectivity index is 1.34. The minimum absolute atomic E-state index is 0.000896. The first kappa shape index (κ1) is 62.2. The zero-order valence-electron chi connectivity index (χ0n) is 47.7. The molecule has 3 amide bonds. The van der Waals surface area contributed by atoms with E-state index in [2.05, 4.69) is 15.3 Å². The summed E-state index contributed by atoms with van der Waals surface area (Å²) in [4.78, 5) is 119. The quantitative estimate of drug-likeness (QED) is 0.0421. The Bertz CT molecular complexity index is 2570. The van der Waals surface area contributed by atoms with Gasteiger partial charge in [-0.25, -0.2) is 19.6 Å². The third-order valence-electron chi connectivity index (χ3n) is 11.8. The summed E-state index contributed by atoms with van der Waals surface area (Å²) in [6.45, 7) is 17.8. The lowest BCUT2D eigenvalue weighted by Crippen LogP contribution is -2.44. The average molecular weight is 1100 g/mol. The fourth-order valence-electron chi connectivity index (χ4n) is 8.68. The van der Waals surface area contributed by atoms with Crippen molar-refractivity contribution in [1.29, 1.82) is 0 Å². The van der Waals surface area contributed by atoms with Crippen LogP contribution in [0.3, 0.4) is 0 Å². The van der Waals surface area contributed by atoms with Gasteiger partial charge in [0.25, 0.3) is 0 Å². The standard InChI is InChI=1S/C57H78N8O14/c1-54(2,3)76-48(68)33-64(34-49(69)77-55(4,5)6)46(66)31-62-27-24-58-44(62)29-61(30-45-59-25-28-63(45)32-47(67)65(35-50(70)78-56(7,8)9)36-51(71)79-57(10,11)12)26-18-17-23-43(52(72)73)60-53(74)75-37-42-40-21-15-13-19-38(40)39-20-14-16-22-41(39)42/h13-16,19-22,24-25,27-28,42-43H,17-18,23,26,29-37H2,1-12H3,(H,60,74)(H,72,73). The van der Waals surface area contributed by atoms with Crippen molar-refractivity contribution in [3.05, 3.63) is 96.1 Å². The van der Waals surface area contributed by atoms with Crippen LogP contribution >= 0.6 is 0 Å². The van der Waals surface area contributed by atoms with E-state index in [0.717, 1.165) is 32.1 Å². The van der Waals surface area contributed by atoms with Crippen molar-refractivity contribution < 1.29 is 67.1 Å². The van der Waals surface area contributed by atoms with Gasteiger partial charge in [-0.15, -0.1) is 0 Å². The molecule has 2 heterocycles. The predicted molar refractivity (Wildman–Crippen MR) is 289 cm³/mol. The van der Waals surface area contributed by atoms with E-state index in [1.54, 1.807) is 105 Å². The normalized spacial score (nSPS) is 12.9. The molecule has 0 fully saturated rings. The number of aromatic nitrogens is 4. The molecule has 1 unspecified atom stereocenters. The number of carbonyl (C=O) groups excluding carboxylic acids is 7. The summed E-state index contributed by atoms with van der Waals surface area (Å²) >= 11 is 0. The number of carboxylic acids is 1. The van der Waals surface area contributed by atoms with Gasteiger partial charge in [-0.1, -0.05) is 48.5 Å². The van der Waals surface area contributed by atoms with Crippen molar-refractivity contribution >= 4 is 47.8 Å². The van der Waals surface area contributed by atoms with Crippen LogP contribution in [-0.4, -0.2) is 154 Å². The van der Waals surface area contributed by atoms with Crippen molar-refractivity contribution in [2.75, 3.05) is 39.3 Å². The minimum atomic E-state index is -1.28. The molecule has 4 aromatic rings. The lowest BCUT2D eigenvalue weighted by Gasteiger charge is -2.27. The maximum atomic E-state index is 14.0. The van der Waals surface area contributed by atoms with Gasteiger partial charge in [-0.05, 0) is 131 Å². The highest BCUT2D eigenvalue weighted by Gasteiger charge is 2.32. The highest BCUT2D eigenvalue weighted by Crippen LogP contribution is 2.44. The molecule has 0 bridgehead atoms. The molecule has 79 heavy (non-hydrogen) atoms. The van der Waals surface area contributed by atoms with Crippen LogP contribution in [0.2, 0.25) is 0 Å². The number of nitrogens with one attached hydrogen (secondary N) is 1. The van der Waals surface area contributed by atoms with Crippen molar-refractivity contribution in [1.82, 2.24) is 39.1 Å². The summed E-state index contributed by atoms with van der Waals surface area (Å²) in [7, 11) is 0. The highest BCUT2D eigenvalue weighted by molar-refractivity contribution is 5.87. The second-order valence-corrected chi connectivity index (χ2v) is 23.4. The zero-order valence-corrected chi connectivity index (χ0v) is 47.7. The maximum Gasteiger partial charge on any atom is 0.407 e. The molecule has 22 heteroatoms. The van der Waals surface area contributed by atoms with Gasteiger partial charge in [0.15, 0.2) is 0 Å². The van der Waals surface area contributed by atoms with Gasteiger partial charge in [-0.2, -0.15) is 0 Å². The van der Waals surface area contributed by atoms with E-state index in [1.165, 1.54) is 12.4 Å². The summed E-state index contributed by atoms with van der Waals surface area (Å²) < 4.78 is 30.7. The zero-order chi connectivity index (χ0) is 58.5. The van der Waals surface area contributed by atoms with E-state index < -0.39 is 102 Å². The average Bonchev–Trinajstić information content (AvgIpc) is 4.10. The number of fused-ring (bicyclic) bond motifs is 3. The number of aliphatic carboxylic acids is 1. The van der Waals surface area contributed by atoms with E-state index >= 15 is 0 Å². The summed E-state index contributed by atoms with van der Waals surface area (Å²) in [6.07, 6.45) is 5.98. The number of ether oxygens (including phenoxy) is 5. The van der Waals surface area contributed by atoms with Crippen LogP contribution in [0.25, 0.3) is 11.1 Å². The molecular formula is C57H78N8O14. The number of benzene rings is 2. The number of imidazole rings is 2. The fraction of sp³-hybridized carbons (Fsp3) is 0.544. The molecule has 22 nitrogen and oxygen atoms in total. The lowest BCUT2D eigenvalue weighted by atomic mass is 9.98. The van der Waals surface area contributed by atoms with Gasteiger partial charge in [0, 0.05) is 30.7 Å². The first-order chi connectivity index (χ1) is 36.8. The van der Waals surface area contributed by atoms with Gasteiger partial charge in [0.05, 0.1) is 13.1 Å².